The molecule has 1 heterocycles. The summed E-state index contributed by atoms with van der Waals surface area (Å²) in [7, 11) is 0. The van der Waals surface area contributed by atoms with E-state index >= 15 is 0 Å². The van der Waals surface area contributed by atoms with Gasteiger partial charge in [-0.3, -0.25) is 0 Å². The van der Waals surface area contributed by atoms with Crippen molar-refractivity contribution in [2.45, 2.75) is 52.6 Å². The quantitative estimate of drug-likeness (QED) is 0.822. The van der Waals surface area contributed by atoms with E-state index < -0.39 is 0 Å². The molecule has 0 amide bonds. The second-order valence-electron chi connectivity index (χ2n) is 4.82. The topological polar surface area (TPSA) is 29.9 Å². The number of nitrogens with one attached hydrogen (secondary N) is 1. The Kier molecular flexibility index (Phi) is 2.98. The molecule has 0 saturated heterocycles. The van der Waals surface area contributed by atoms with Crippen molar-refractivity contribution >= 4 is 5.95 Å². The van der Waals surface area contributed by atoms with Crippen LogP contribution >= 0.6 is 0 Å². The van der Waals surface area contributed by atoms with Gasteiger partial charge in [0.1, 0.15) is 0 Å². The maximum absolute atomic E-state index is 4.53. The van der Waals surface area contributed by atoms with E-state index in [0.717, 1.165) is 30.5 Å². The third kappa shape index (κ3) is 2.33. The van der Waals surface area contributed by atoms with Gasteiger partial charge >= 0.3 is 0 Å². The lowest BCUT2D eigenvalue weighted by Gasteiger charge is -2.33. The van der Waals surface area contributed by atoms with E-state index in [0.29, 0.717) is 6.04 Å². The largest absolute Gasteiger partial charge is 0.353 e. The van der Waals surface area contributed by atoms with Crippen LogP contribution in [0.2, 0.25) is 0 Å². The molecular formula is C12H21N3. The van der Waals surface area contributed by atoms with Gasteiger partial charge in [-0.25, -0.2) is 4.98 Å². The highest BCUT2D eigenvalue weighted by molar-refractivity contribution is 5.31. The fraction of sp³-hybridized carbons (Fsp3) is 0.750. The molecule has 3 nitrogen and oxygen atoms in total. The SMILES string of the molecule is CCCn1cc(C)nc1NC1CC(C)C1. The number of nitrogens with zero attached hydrogens (tertiary/aromatic N) is 2. The zero-order valence-corrected chi connectivity index (χ0v) is 9.95. The second-order valence-corrected chi connectivity index (χ2v) is 4.82. The summed E-state index contributed by atoms with van der Waals surface area (Å²) < 4.78 is 2.23. The summed E-state index contributed by atoms with van der Waals surface area (Å²) in [4.78, 5) is 4.53. The van der Waals surface area contributed by atoms with Gasteiger partial charge in [0.05, 0.1) is 5.69 Å². The predicted molar refractivity (Wildman–Crippen MR) is 63.1 cm³/mol. The summed E-state index contributed by atoms with van der Waals surface area (Å²) in [5, 5.41) is 3.53. The Morgan fingerprint density at radius 2 is 2.27 bits per heavy atom. The molecule has 15 heavy (non-hydrogen) atoms. The van der Waals surface area contributed by atoms with Crippen LogP contribution < -0.4 is 5.32 Å². The smallest absolute Gasteiger partial charge is 0.203 e. The van der Waals surface area contributed by atoms with Crippen LogP contribution in [-0.2, 0) is 6.54 Å². The second kappa shape index (κ2) is 4.25. The lowest BCUT2D eigenvalue weighted by molar-refractivity contribution is 0.307. The maximum atomic E-state index is 4.53. The molecule has 1 fully saturated rings. The third-order valence-corrected chi connectivity index (χ3v) is 3.07. The minimum absolute atomic E-state index is 0.650. The van der Waals surface area contributed by atoms with E-state index in [9.17, 15) is 0 Å². The summed E-state index contributed by atoms with van der Waals surface area (Å²) in [6.45, 7) is 7.62. The predicted octanol–water partition coefficient (Wildman–Crippen LogP) is 2.81. The average molecular weight is 207 g/mol. The first-order valence-corrected chi connectivity index (χ1v) is 5.99. The monoisotopic (exact) mass is 207 g/mol. The van der Waals surface area contributed by atoms with Crippen LogP contribution in [0.3, 0.4) is 0 Å². The molecule has 0 spiro atoms. The van der Waals surface area contributed by atoms with Crippen LogP contribution in [0.5, 0.6) is 0 Å². The van der Waals surface area contributed by atoms with E-state index in [4.69, 9.17) is 0 Å². The Morgan fingerprint density at radius 3 is 2.87 bits per heavy atom. The van der Waals surface area contributed by atoms with Crippen molar-refractivity contribution in [3.8, 4) is 0 Å². The highest BCUT2D eigenvalue weighted by Gasteiger charge is 2.26. The van der Waals surface area contributed by atoms with Crippen LogP contribution in [0, 0.1) is 12.8 Å². The van der Waals surface area contributed by atoms with Crippen molar-refractivity contribution in [1.82, 2.24) is 9.55 Å². The van der Waals surface area contributed by atoms with Gasteiger partial charge in [0.2, 0.25) is 5.95 Å². The Morgan fingerprint density at radius 1 is 1.53 bits per heavy atom. The number of imidazole rings is 1. The lowest BCUT2D eigenvalue weighted by Crippen LogP contribution is -2.34. The van der Waals surface area contributed by atoms with E-state index in [1.807, 2.05) is 0 Å². The fourth-order valence-corrected chi connectivity index (χ4v) is 2.28. The molecule has 0 aliphatic heterocycles. The lowest BCUT2D eigenvalue weighted by atomic mass is 9.82. The number of aryl methyl sites for hydroxylation is 2. The van der Waals surface area contributed by atoms with Gasteiger partial charge in [0, 0.05) is 18.8 Å². The van der Waals surface area contributed by atoms with E-state index in [-0.39, 0.29) is 0 Å². The van der Waals surface area contributed by atoms with Gasteiger partial charge in [0.15, 0.2) is 0 Å². The minimum atomic E-state index is 0.650. The van der Waals surface area contributed by atoms with Crippen molar-refractivity contribution in [2.24, 2.45) is 5.92 Å². The first-order valence-electron chi connectivity index (χ1n) is 5.99. The van der Waals surface area contributed by atoms with Crippen LogP contribution in [-0.4, -0.2) is 15.6 Å². The molecule has 1 aliphatic rings. The zero-order chi connectivity index (χ0) is 10.8. The molecule has 1 aromatic rings. The Hall–Kier alpha value is -0.990. The Balaban J connectivity index is 1.99. The van der Waals surface area contributed by atoms with Crippen LogP contribution in [0.4, 0.5) is 5.95 Å². The molecule has 1 aromatic heterocycles. The van der Waals surface area contributed by atoms with Gasteiger partial charge in [-0.2, -0.15) is 0 Å². The van der Waals surface area contributed by atoms with Gasteiger partial charge in [-0.15, -0.1) is 0 Å². The van der Waals surface area contributed by atoms with Crippen LogP contribution in [0.1, 0.15) is 38.8 Å². The fourth-order valence-electron chi connectivity index (χ4n) is 2.28. The Bertz CT molecular complexity index is 324. The number of anilines is 1. The standard InChI is InChI=1S/C12H21N3/c1-4-5-15-8-10(3)13-12(15)14-11-6-9(2)7-11/h8-9,11H,4-7H2,1-3H3,(H,13,14). The van der Waals surface area contributed by atoms with Gasteiger partial charge < -0.3 is 9.88 Å². The van der Waals surface area contributed by atoms with Crippen molar-refractivity contribution in [1.29, 1.82) is 0 Å². The summed E-state index contributed by atoms with van der Waals surface area (Å²) in [6.07, 6.45) is 5.87. The van der Waals surface area contributed by atoms with Crippen molar-refractivity contribution < 1.29 is 0 Å². The third-order valence-electron chi connectivity index (χ3n) is 3.07. The number of hydrogen-bond acceptors (Lipinski definition) is 2. The van der Waals surface area contributed by atoms with E-state index in [1.54, 1.807) is 0 Å². The molecule has 0 aromatic carbocycles. The molecule has 2 rings (SSSR count). The number of aromatic nitrogens is 2. The summed E-state index contributed by atoms with van der Waals surface area (Å²) in [5.41, 5.74) is 1.11. The highest BCUT2D eigenvalue weighted by atomic mass is 15.2. The first kappa shape index (κ1) is 10.5. The van der Waals surface area contributed by atoms with Crippen molar-refractivity contribution in [3.05, 3.63) is 11.9 Å². The summed E-state index contributed by atoms with van der Waals surface area (Å²) >= 11 is 0. The molecule has 1 saturated carbocycles. The van der Waals surface area contributed by atoms with Gasteiger partial charge in [-0.05, 0) is 32.1 Å². The van der Waals surface area contributed by atoms with E-state index in [1.165, 1.54) is 12.8 Å². The first-order chi connectivity index (χ1) is 7.19. The Labute approximate surface area is 91.9 Å². The minimum Gasteiger partial charge on any atom is -0.353 e. The van der Waals surface area contributed by atoms with Gasteiger partial charge in [0.25, 0.3) is 0 Å². The zero-order valence-electron chi connectivity index (χ0n) is 9.95. The molecule has 1 aliphatic carbocycles. The summed E-state index contributed by atoms with van der Waals surface area (Å²) in [5.74, 6) is 1.95. The van der Waals surface area contributed by atoms with Crippen molar-refractivity contribution in [2.75, 3.05) is 5.32 Å². The van der Waals surface area contributed by atoms with Crippen LogP contribution in [0.25, 0.3) is 0 Å². The van der Waals surface area contributed by atoms with Crippen LogP contribution in [0.15, 0.2) is 6.20 Å². The molecule has 3 heteroatoms. The molecule has 0 radical (unpaired) electrons. The molecule has 1 N–H and O–H groups in total. The average Bonchev–Trinajstić information content (AvgIpc) is 2.45. The molecular weight excluding hydrogens is 186 g/mol. The van der Waals surface area contributed by atoms with E-state index in [2.05, 4.69) is 41.8 Å². The molecule has 0 bridgehead atoms. The molecule has 84 valence electrons. The maximum Gasteiger partial charge on any atom is 0.203 e. The number of rotatable bonds is 4. The van der Waals surface area contributed by atoms with Gasteiger partial charge in [-0.1, -0.05) is 13.8 Å². The van der Waals surface area contributed by atoms with Crippen molar-refractivity contribution in [3.63, 3.8) is 0 Å². The molecule has 0 atom stereocenters. The molecule has 0 unspecified atom stereocenters. The number of hydrogen-bond donors (Lipinski definition) is 1. The normalized spacial score (nSPS) is 25.0. The summed E-state index contributed by atoms with van der Waals surface area (Å²) in [6, 6.07) is 0.650. The highest BCUT2D eigenvalue weighted by Crippen LogP contribution is 2.29.